The lowest BCUT2D eigenvalue weighted by Gasteiger charge is -2.12. The fraction of sp³-hybridized carbons (Fsp3) is 0.462. The van der Waals surface area contributed by atoms with Crippen LogP contribution in [0, 0.1) is 0 Å². The van der Waals surface area contributed by atoms with Gasteiger partial charge in [0.05, 0.1) is 24.0 Å². The summed E-state index contributed by atoms with van der Waals surface area (Å²) >= 11 is 0. The van der Waals surface area contributed by atoms with E-state index in [0.717, 1.165) is 0 Å². The maximum Gasteiger partial charge on any atom is 0.338 e. The van der Waals surface area contributed by atoms with Crippen LogP contribution in [0.4, 0.5) is 5.69 Å². The summed E-state index contributed by atoms with van der Waals surface area (Å²) in [6.07, 6.45) is 0.0341. The van der Waals surface area contributed by atoms with Gasteiger partial charge in [-0.1, -0.05) is 0 Å². The van der Waals surface area contributed by atoms with E-state index in [2.05, 4.69) is 0 Å². The Labute approximate surface area is 107 Å². The van der Waals surface area contributed by atoms with Gasteiger partial charge in [0, 0.05) is 7.11 Å². The zero-order chi connectivity index (χ0) is 13.5. The Kier molecular flexibility index (Phi) is 5.45. The number of carbonyl (C=O) groups excluding carboxylic acids is 1. The van der Waals surface area contributed by atoms with Crippen molar-refractivity contribution in [1.29, 1.82) is 0 Å². The second-order valence-electron chi connectivity index (χ2n) is 4.05. The SMILES string of the molecule is COCCOC(=O)c1ccc(OC(C)C)c(N)c1. The smallest absolute Gasteiger partial charge is 0.338 e. The number of anilines is 1. The van der Waals surface area contributed by atoms with Gasteiger partial charge in [-0.3, -0.25) is 0 Å². The number of ether oxygens (including phenoxy) is 3. The second-order valence-corrected chi connectivity index (χ2v) is 4.05. The minimum Gasteiger partial charge on any atom is -0.489 e. The van der Waals surface area contributed by atoms with Crippen LogP contribution in [0.15, 0.2) is 18.2 Å². The van der Waals surface area contributed by atoms with Crippen molar-refractivity contribution in [2.75, 3.05) is 26.1 Å². The molecule has 18 heavy (non-hydrogen) atoms. The van der Waals surface area contributed by atoms with Gasteiger partial charge in [-0.15, -0.1) is 0 Å². The number of hydrogen-bond donors (Lipinski definition) is 1. The predicted molar refractivity (Wildman–Crippen MR) is 68.8 cm³/mol. The molecule has 0 aromatic heterocycles. The fourth-order valence-corrected chi connectivity index (χ4v) is 1.34. The Balaban J connectivity index is 2.68. The average Bonchev–Trinajstić information content (AvgIpc) is 2.31. The first-order valence-corrected chi connectivity index (χ1v) is 5.77. The monoisotopic (exact) mass is 253 g/mol. The number of nitrogen functional groups attached to an aromatic ring is 1. The summed E-state index contributed by atoms with van der Waals surface area (Å²) in [5.41, 5.74) is 6.63. The maximum atomic E-state index is 11.6. The van der Waals surface area contributed by atoms with Gasteiger partial charge in [-0.25, -0.2) is 4.79 Å². The molecule has 0 aliphatic carbocycles. The molecule has 5 heteroatoms. The molecule has 0 spiro atoms. The van der Waals surface area contributed by atoms with Crippen LogP contribution in [0.3, 0.4) is 0 Å². The number of rotatable bonds is 6. The van der Waals surface area contributed by atoms with E-state index < -0.39 is 5.97 Å². The zero-order valence-corrected chi connectivity index (χ0v) is 10.9. The summed E-state index contributed by atoms with van der Waals surface area (Å²) in [6, 6.07) is 4.85. The van der Waals surface area contributed by atoms with Crippen LogP contribution in [-0.2, 0) is 9.47 Å². The molecule has 1 aromatic rings. The van der Waals surface area contributed by atoms with E-state index in [9.17, 15) is 4.79 Å². The maximum absolute atomic E-state index is 11.6. The van der Waals surface area contributed by atoms with Crippen LogP contribution in [0.5, 0.6) is 5.75 Å². The summed E-state index contributed by atoms with van der Waals surface area (Å²) in [5, 5.41) is 0. The average molecular weight is 253 g/mol. The van der Waals surface area contributed by atoms with E-state index in [1.807, 2.05) is 13.8 Å². The lowest BCUT2D eigenvalue weighted by atomic mass is 10.2. The van der Waals surface area contributed by atoms with Crippen LogP contribution in [-0.4, -0.2) is 32.4 Å². The topological polar surface area (TPSA) is 70.8 Å². The molecule has 0 heterocycles. The van der Waals surface area contributed by atoms with Gasteiger partial charge in [-0.05, 0) is 32.0 Å². The number of methoxy groups -OCH3 is 1. The number of benzene rings is 1. The molecule has 0 fully saturated rings. The molecule has 0 saturated heterocycles. The largest absolute Gasteiger partial charge is 0.489 e. The molecule has 0 bridgehead atoms. The molecular weight excluding hydrogens is 234 g/mol. The van der Waals surface area contributed by atoms with E-state index in [1.165, 1.54) is 0 Å². The highest BCUT2D eigenvalue weighted by molar-refractivity contribution is 5.91. The van der Waals surface area contributed by atoms with E-state index >= 15 is 0 Å². The molecule has 1 rings (SSSR count). The summed E-state index contributed by atoms with van der Waals surface area (Å²) < 4.78 is 15.3. The molecule has 0 atom stereocenters. The van der Waals surface area contributed by atoms with Crippen LogP contribution in [0.25, 0.3) is 0 Å². The van der Waals surface area contributed by atoms with Crippen molar-refractivity contribution in [2.45, 2.75) is 20.0 Å². The third-order valence-corrected chi connectivity index (χ3v) is 2.13. The standard InChI is InChI=1S/C13H19NO4/c1-9(2)18-12-5-4-10(8-11(12)14)13(15)17-7-6-16-3/h4-5,8-9H,6-7,14H2,1-3H3. The molecule has 2 N–H and O–H groups in total. The Morgan fingerprint density at radius 2 is 2.06 bits per heavy atom. The van der Waals surface area contributed by atoms with Crippen molar-refractivity contribution in [1.82, 2.24) is 0 Å². The van der Waals surface area contributed by atoms with Gasteiger partial charge >= 0.3 is 5.97 Å². The molecule has 0 amide bonds. The fourth-order valence-electron chi connectivity index (χ4n) is 1.34. The summed E-state index contributed by atoms with van der Waals surface area (Å²) in [7, 11) is 1.55. The first kappa shape index (κ1) is 14.3. The molecule has 0 radical (unpaired) electrons. The van der Waals surface area contributed by atoms with Crippen molar-refractivity contribution in [3.8, 4) is 5.75 Å². The van der Waals surface area contributed by atoms with Gasteiger partial charge in [0.1, 0.15) is 12.4 Å². The Morgan fingerprint density at radius 1 is 1.33 bits per heavy atom. The number of nitrogens with two attached hydrogens (primary N) is 1. The molecule has 0 aliphatic heterocycles. The quantitative estimate of drug-likeness (QED) is 0.476. The minimum absolute atomic E-state index is 0.0341. The number of carbonyl (C=O) groups is 1. The summed E-state index contributed by atoms with van der Waals surface area (Å²) in [5.74, 6) is 0.147. The second kappa shape index (κ2) is 6.86. The van der Waals surface area contributed by atoms with Crippen LogP contribution in [0.2, 0.25) is 0 Å². The lowest BCUT2D eigenvalue weighted by Crippen LogP contribution is -2.11. The van der Waals surface area contributed by atoms with Gasteiger partial charge < -0.3 is 19.9 Å². The van der Waals surface area contributed by atoms with E-state index in [1.54, 1.807) is 25.3 Å². The first-order valence-electron chi connectivity index (χ1n) is 5.77. The van der Waals surface area contributed by atoms with Crippen molar-refractivity contribution in [3.05, 3.63) is 23.8 Å². The zero-order valence-electron chi connectivity index (χ0n) is 10.9. The third-order valence-electron chi connectivity index (χ3n) is 2.13. The normalized spacial score (nSPS) is 10.4. The highest BCUT2D eigenvalue weighted by Crippen LogP contribution is 2.23. The number of hydrogen-bond acceptors (Lipinski definition) is 5. The number of esters is 1. The highest BCUT2D eigenvalue weighted by atomic mass is 16.6. The van der Waals surface area contributed by atoms with Gasteiger partial charge in [0.2, 0.25) is 0 Å². The van der Waals surface area contributed by atoms with Gasteiger partial charge in [-0.2, -0.15) is 0 Å². The molecular formula is C13H19NO4. The first-order chi connectivity index (χ1) is 8.54. The summed E-state index contributed by atoms with van der Waals surface area (Å²) in [6.45, 7) is 4.41. The van der Waals surface area contributed by atoms with Crippen LogP contribution < -0.4 is 10.5 Å². The van der Waals surface area contributed by atoms with Crippen molar-refractivity contribution in [2.24, 2.45) is 0 Å². The Hall–Kier alpha value is -1.75. The Morgan fingerprint density at radius 3 is 2.61 bits per heavy atom. The van der Waals surface area contributed by atoms with Crippen molar-refractivity contribution < 1.29 is 19.0 Å². The van der Waals surface area contributed by atoms with Crippen molar-refractivity contribution >= 4 is 11.7 Å². The van der Waals surface area contributed by atoms with Crippen LogP contribution >= 0.6 is 0 Å². The molecule has 0 saturated carbocycles. The van der Waals surface area contributed by atoms with Gasteiger partial charge in [0.15, 0.2) is 0 Å². The van der Waals surface area contributed by atoms with Crippen LogP contribution in [0.1, 0.15) is 24.2 Å². The van der Waals surface area contributed by atoms with E-state index in [-0.39, 0.29) is 12.7 Å². The summed E-state index contributed by atoms with van der Waals surface area (Å²) in [4.78, 5) is 11.6. The molecule has 0 unspecified atom stereocenters. The van der Waals surface area contributed by atoms with E-state index in [4.69, 9.17) is 19.9 Å². The van der Waals surface area contributed by atoms with E-state index in [0.29, 0.717) is 23.6 Å². The minimum atomic E-state index is -0.421. The molecule has 100 valence electrons. The predicted octanol–water partition coefficient (Wildman–Crippen LogP) is 1.86. The molecule has 5 nitrogen and oxygen atoms in total. The third kappa shape index (κ3) is 4.25. The Bertz CT molecular complexity index is 404. The molecule has 1 aromatic carbocycles. The molecule has 0 aliphatic rings. The highest BCUT2D eigenvalue weighted by Gasteiger charge is 2.10. The van der Waals surface area contributed by atoms with Gasteiger partial charge in [0.25, 0.3) is 0 Å². The lowest BCUT2D eigenvalue weighted by molar-refractivity contribution is 0.0388. The van der Waals surface area contributed by atoms with Crippen molar-refractivity contribution in [3.63, 3.8) is 0 Å².